The zero-order valence-corrected chi connectivity index (χ0v) is 16.0. The molecule has 0 bridgehead atoms. The van der Waals surface area contributed by atoms with E-state index >= 15 is 0 Å². The summed E-state index contributed by atoms with van der Waals surface area (Å²) in [7, 11) is 0. The minimum absolute atomic E-state index is 0.0221. The Hall–Kier alpha value is -3.35. The number of rotatable bonds is 4. The molecule has 0 aliphatic heterocycles. The van der Waals surface area contributed by atoms with E-state index < -0.39 is 11.9 Å². The molecule has 4 nitrogen and oxygen atoms in total. The number of halogens is 3. The van der Waals surface area contributed by atoms with Crippen molar-refractivity contribution in [2.45, 2.75) is 26.4 Å². The van der Waals surface area contributed by atoms with Crippen LogP contribution in [0.15, 0.2) is 60.7 Å². The SMILES string of the molecule is CCc1ccc(Nc2cc(C)nc3c(-c4ccccc4)c(C(F)(F)F)nn23)cc1. The highest BCUT2D eigenvalue weighted by molar-refractivity contribution is 5.82. The van der Waals surface area contributed by atoms with Crippen molar-refractivity contribution in [2.75, 3.05) is 5.32 Å². The fraction of sp³-hybridized carbons (Fsp3) is 0.182. The minimum Gasteiger partial charge on any atom is -0.340 e. The fourth-order valence-electron chi connectivity index (χ4n) is 3.27. The van der Waals surface area contributed by atoms with Crippen LogP contribution in [0.4, 0.5) is 24.7 Å². The standard InChI is InChI=1S/C22H19F3N4/c1-3-15-9-11-17(12-10-15)27-18-13-14(2)26-21-19(16-7-5-4-6-8-16)20(22(23,24)25)28-29(18)21/h4-13,27H,3H2,1-2H3. The van der Waals surface area contributed by atoms with Gasteiger partial charge in [0.05, 0.1) is 5.56 Å². The molecule has 0 aliphatic carbocycles. The van der Waals surface area contributed by atoms with Crippen LogP contribution in [0.2, 0.25) is 0 Å². The van der Waals surface area contributed by atoms with Gasteiger partial charge in [0.1, 0.15) is 5.82 Å². The highest BCUT2D eigenvalue weighted by atomic mass is 19.4. The Bertz CT molecular complexity index is 1150. The Morgan fingerprint density at radius 2 is 1.69 bits per heavy atom. The molecule has 0 atom stereocenters. The quantitative estimate of drug-likeness (QED) is 0.458. The lowest BCUT2D eigenvalue weighted by atomic mass is 10.1. The summed E-state index contributed by atoms with van der Waals surface area (Å²) in [6, 6.07) is 17.8. The number of nitrogens with zero attached hydrogens (tertiary/aromatic N) is 3. The molecule has 148 valence electrons. The van der Waals surface area contributed by atoms with Gasteiger partial charge in [-0.3, -0.25) is 0 Å². The summed E-state index contributed by atoms with van der Waals surface area (Å²) in [6.07, 6.45) is -3.69. The Balaban J connectivity index is 1.92. The van der Waals surface area contributed by atoms with Crippen LogP contribution >= 0.6 is 0 Å². The molecule has 4 rings (SSSR count). The zero-order chi connectivity index (χ0) is 20.6. The summed E-state index contributed by atoms with van der Waals surface area (Å²) in [4.78, 5) is 4.38. The number of aromatic nitrogens is 3. The van der Waals surface area contributed by atoms with Crippen LogP contribution in [0.3, 0.4) is 0 Å². The van der Waals surface area contributed by atoms with E-state index in [4.69, 9.17) is 0 Å². The third-order valence-electron chi connectivity index (χ3n) is 4.68. The number of aryl methyl sites for hydroxylation is 2. The van der Waals surface area contributed by atoms with Crippen molar-refractivity contribution < 1.29 is 13.2 Å². The molecule has 2 aromatic heterocycles. The largest absolute Gasteiger partial charge is 0.435 e. The number of benzene rings is 2. The Labute approximate surface area is 166 Å². The molecule has 0 unspecified atom stereocenters. The molecule has 0 saturated carbocycles. The molecule has 4 aromatic rings. The molecule has 0 saturated heterocycles. The Morgan fingerprint density at radius 1 is 1.00 bits per heavy atom. The van der Waals surface area contributed by atoms with Gasteiger partial charge in [0, 0.05) is 17.4 Å². The van der Waals surface area contributed by atoms with Crippen LogP contribution in [0, 0.1) is 6.92 Å². The second kappa shape index (κ2) is 7.24. The van der Waals surface area contributed by atoms with Crippen LogP contribution in [-0.2, 0) is 12.6 Å². The van der Waals surface area contributed by atoms with Gasteiger partial charge in [0.2, 0.25) is 0 Å². The molecule has 0 radical (unpaired) electrons. The Morgan fingerprint density at radius 3 is 2.31 bits per heavy atom. The van der Waals surface area contributed by atoms with Crippen molar-refractivity contribution in [3.8, 4) is 11.1 Å². The molecular weight excluding hydrogens is 377 g/mol. The van der Waals surface area contributed by atoms with Crippen molar-refractivity contribution in [3.05, 3.63) is 77.6 Å². The predicted molar refractivity (Wildman–Crippen MR) is 107 cm³/mol. The van der Waals surface area contributed by atoms with E-state index in [1.165, 1.54) is 10.1 Å². The van der Waals surface area contributed by atoms with E-state index in [9.17, 15) is 13.2 Å². The fourth-order valence-corrected chi connectivity index (χ4v) is 3.27. The maximum Gasteiger partial charge on any atom is 0.435 e. The first-order chi connectivity index (χ1) is 13.9. The van der Waals surface area contributed by atoms with Gasteiger partial charge in [-0.25, -0.2) is 4.98 Å². The maximum absolute atomic E-state index is 13.8. The summed E-state index contributed by atoms with van der Waals surface area (Å²) in [5, 5.41) is 7.07. The molecule has 1 N–H and O–H groups in total. The monoisotopic (exact) mass is 396 g/mol. The van der Waals surface area contributed by atoms with Crippen LogP contribution in [0.5, 0.6) is 0 Å². The normalized spacial score (nSPS) is 11.8. The lowest BCUT2D eigenvalue weighted by molar-refractivity contribution is -0.140. The second-order valence-corrected chi connectivity index (χ2v) is 6.78. The first kappa shape index (κ1) is 19.0. The molecule has 2 heterocycles. The molecule has 29 heavy (non-hydrogen) atoms. The van der Waals surface area contributed by atoms with Crippen molar-refractivity contribution >= 4 is 17.2 Å². The van der Waals surface area contributed by atoms with Gasteiger partial charge < -0.3 is 5.32 Å². The van der Waals surface area contributed by atoms with Gasteiger partial charge in [-0.2, -0.15) is 22.8 Å². The highest BCUT2D eigenvalue weighted by Gasteiger charge is 2.39. The summed E-state index contributed by atoms with van der Waals surface area (Å²) in [5.74, 6) is 0.421. The van der Waals surface area contributed by atoms with Crippen LogP contribution in [-0.4, -0.2) is 14.6 Å². The number of alkyl halides is 3. The van der Waals surface area contributed by atoms with Gasteiger partial charge in [0.25, 0.3) is 0 Å². The molecule has 0 amide bonds. The van der Waals surface area contributed by atoms with E-state index in [-0.39, 0.29) is 11.2 Å². The first-order valence-corrected chi connectivity index (χ1v) is 9.26. The summed E-state index contributed by atoms with van der Waals surface area (Å²) in [5.41, 5.74) is 2.14. The molecule has 0 fully saturated rings. The summed E-state index contributed by atoms with van der Waals surface area (Å²) >= 11 is 0. The van der Waals surface area contributed by atoms with Crippen molar-refractivity contribution in [1.29, 1.82) is 0 Å². The van der Waals surface area contributed by atoms with E-state index in [2.05, 4.69) is 22.3 Å². The molecule has 2 aromatic carbocycles. The van der Waals surface area contributed by atoms with Gasteiger partial charge in [-0.15, -0.1) is 0 Å². The van der Waals surface area contributed by atoms with E-state index in [0.29, 0.717) is 17.1 Å². The number of nitrogens with one attached hydrogen (secondary N) is 1. The average molecular weight is 396 g/mol. The second-order valence-electron chi connectivity index (χ2n) is 6.78. The van der Waals surface area contributed by atoms with Crippen molar-refractivity contribution in [3.63, 3.8) is 0 Å². The van der Waals surface area contributed by atoms with Crippen molar-refractivity contribution in [1.82, 2.24) is 14.6 Å². The molecular formula is C22H19F3N4. The van der Waals surface area contributed by atoms with Crippen LogP contribution < -0.4 is 5.32 Å². The molecule has 7 heteroatoms. The van der Waals surface area contributed by atoms with Crippen molar-refractivity contribution in [2.24, 2.45) is 0 Å². The number of hydrogen-bond donors (Lipinski definition) is 1. The number of fused-ring (bicyclic) bond motifs is 1. The third kappa shape index (κ3) is 3.68. The predicted octanol–water partition coefficient (Wildman–Crippen LogP) is 6.03. The van der Waals surface area contributed by atoms with Gasteiger partial charge >= 0.3 is 6.18 Å². The minimum atomic E-state index is -4.60. The zero-order valence-electron chi connectivity index (χ0n) is 16.0. The third-order valence-corrected chi connectivity index (χ3v) is 4.68. The summed E-state index contributed by atoms with van der Waals surface area (Å²) < 4.78 is 42.6. The Kier molecular flexibility index (Phi) is 4.74. The van der Waals surface area contributed by atoms with E-state index in [1.807, 2.05) is 24.3 Å². The molecule has 0 spiro atoms. The van der Waals surface area contributed by atoms with Crippen LogP contribution in [0.1, 0.15) is 23.9 Å². The topological polar surface area (TPSA) is 42.2 Å². The van der Waals surface area contributed by atoms with Crippen LogP contribution in [0.25, 0.3) is 16.8 Å². The van der Waals surface area contributed by atoms with E-state index in [0.717, 1.165) is 12.1 Å². The number of anilines is 2. The number of hydrogen-bond acceptors (Lipinski definition) is 3. The van der Waals surface area contributed by atoms with E-state index in [1.54, 1.807) is 43.3 Å². The first-order valence-electron chi connectivity index (χ1n) is 9.26. The molecule has 0 aliphatic rings. The lowest BCUT2D eigenvalue weighted by Gasteiger charge is -2.10. The summed E-state index contributed by atoms with van der Waals surface area (Å²) in [6.45, 7) is 3.81. The van der Waals surface area contributed by atoms with Gasteiger partial charge in [-0.1, -0.05) is 49.4 Å². The van der Waals surface area contributed by atoms with Gasteiger partial charge in [-0.05, 0) is 36.6 Å². The lowest BCUT2D eigenvalue weighted by Crippen LogP contribution is -2.08. The average Bonchev–Trinajstić information content (AvgIpc) is 3.09. The smallest absolute Gasteiger partial charge is 0.340 e. The highest BCUT2D eigenvalue weighted by Crippen LogP contribution is 2.39. The van der Waals surface area contributed by atoms with Gasteiger partial charge in [0.15, 0.2) is 11.3 Å². The maximum atomic E-state index is 13.8.